The molecule has 1 atom stereocenters. The minimum atomic E-state index is -0.685. The summed E-state index contributed by atoms with van der Waals surface area (Å²) in [7, 11) is 1.71. The number of thioether (sulfide) groups is 1. The Hall–Kier alpha value is -3.52. The molecule has 31 heavy (non-hydrogen) atoms. The number of carbonyl (C=O) groups excluding carboxylic acids is 2. The summed E-state index contributed by atoms with van der Waals surface area (Å²) >= 11 is 1.51. The van der Waals surface area contributed by atoms with E-state index >= 15 is 0 Å². The van der Waals surface area contributed by atoms with Crippen LogP contribution in [0.3, 0.4) is 0 Å². The molecule has 0 spiro atoms. The average Bonchev–Trinajstić information content (AvgIpc) is 3.42. The third kappa shape index (κ3) is 3.82. The number of nitrogens with one attached hydrogen (secondary N) is 1. The standard InChI is InChI=1S/C23H19N3O4S/c1-26-19-10-15-7-8-29-20(15)12-21(19)31-13-18(23(26)28)24-22(27)17-11-16(30-25-17)9-14-5-3-2-4-6-14/h2-8,10-12,18H,9,13H2,1H3,(H,24,27)/t18-/m0/s1. The van der Waals surface area contributed by atoms with E-state index < -0.39 is 11.9 Å². The minimum absolute atomic E-state index is 0.158. The fourth-order valence-electron chi connectivity index (χ4n) is 3.59. The Balaban J connectivity index is 1.31. The van der Waals surface area contributed by atoms with Crippen molar-refractivity contribution in [2.45, 2.75) is 17.4 Å². The molecule has 7 nitrogen and oxygen atoms in total. The summed E-state index contributed by atoms with van der Waals surface area (Å²) in [6, 6.07) is 16.4. The van der Waals surface area contributed by atoms with Crippen molar-refractivity contribution >= 4 is 40.2 Å². The second-order valence-corrected chi connectivity index (χ2v) is 8.42. The van der Waals surface area contributed by atoms with Gasteiger partial charge in [0, 0.05) is 35.6 Å². The number of amides is 2. The van der Waals surface area contributed by atoms with Crippen LogP contribution in [-0.4, -0.2) is 35.8 Å². The zero-order valence-corrected chi connectivity index (χ0v) is 17.5. The van der Waals surface area contributed by atoms with Gasteiger partial charge in [0.15, 0.2) is 5.69 Å². The van der Waals surface area contributed by atoms with Crippen molar-refractivity contribution in [3.8, 4) is 0 Å². The second kappa shape index (κ2) is 7.96. The lowest BCUT2D eigenvalue weighted by atomic mass is 10.1. The van der Waals surface area contributed by atoms with Crippen molar-refractivity contribution in [3.05, 3.63) is 77.9 Å². The van der Waals surface area contributed by atoms with E-state index in [1.165, 1.54) is 11.8 Å². The predicted molar refractivity (Wildman–Crippen MR) is 117 cm³/mol. The van der Waals surface area contributed by atoms with Crippen molar-refractivity contribution in [1.82, 2.24) is 10.5 Å². The van der Waals surface area contributed by atoms with Crippen LogP contribution in [0.4, 0.5) is 5.69 Å². The summed E-state index contributed by atoms with van der Waals surface area (Å²) in [4.78, 5) is 28.3. The third-order valence-corrected chi connectivity index (χ3v) is 6.39. The zero-order valence-electron chi connectivity index (χ0n) is 16.7. The molecule has 0 radical (unpaired) electrons. The van der Waals surface area contributed by atoms with Crippen molar-refractivity contribution in [1.29, 1.82) is 0 Å². The van der Waals surface area contributed by atoms with Crippen LogP contribution in [0.15, 0.2) is 74.7 Å². The molecule has 3 heterocycles. The Bertz CT molecular complexity index is 1260. The Morgan fingerprint density at radius 2 is 2.06 bits per heavy atom. The highest BCUT2D eigenvalue weighted by atomic mass is 32.2. The first-order valence-electron chi connectivity index (χ1n) is 9.80. The summed E-state index contributed by atoms with van der Waals surface area (Å²) in [6.07, 6.45) is 2.17. The first kappa shape index (κ1) is 19.4. The van der Waals surface area contributed by atoms with Crippen molar-refractivity contribution in [2.24, 2.45) is 0 Å². The molecule has 5 rings (SSSR count). The van der Waals surface area contributed by atoms with E-state index in [2.05, 4.69) is 10.5 Å². The minimum Gasteiger partial charge on any atom is -0.464 e. The van der Waals surface area contributed by atoms with Crippen LogP contribution < -0.4 is 10.2 Å². The maximum Gasteiger partial charge on any atom is 0.274 e. The van der Waals surface area contributed by atoms with E-state index in [4.69, 9.17) is 8.94 Å². The fourth-order valence-corrected chi connectivity index (χ4v) is 4.70. The van der Waals surface area contributed by atoms with Crippen molar-refractivity contribution in [3.63, 3.8) is 0 Å². The van der Waals surface area contributed by atoms with Crippen LogP contribution >= 0.6 is 11.8 Å². The Morgan fingerprint density at radius 1 is 1.23 bits per heavy atom. The second-order valence-electron chi connectivity index (χ2n) is 7.35. The molecule has 0 aliphatic carbocycles. The van der Waals surface area contributed by atoms with E-state index in [9.17, 15) is 9.59 Å². The number of aromatic nitrogens is 1. The quantitative estimate of drug-likeness (QED) is 0.526. The van der Waals surface area contributed by atoms with Gasteiger partial charge in [0.1, 0.15) is 17.4 Å². The number of carbonyl (C=O) groups is 2. The largest absolute Gasteiger partial charge is 0.464 e. The SMILES string of the molecule is CN1C(=O)[C@@H](NC(=O)c2cc(Cc3ccccc3)on2)CSc2cc3occc3cc21. The Labute approximate surface area is 182 Å². The van der Waals surface area contributed by atoms with Crippen molar-refractivity contribution < 1.29 is 18.5 Å². The van der Waals surface area contributed by atoms with Gasteiger partial charge in [-0.2, -0.15) is 0 Å². The highest BCUT2D eigenvalue weighted by Crippen LogP contribution is 2.37. The summed E-state index contributed by atoms with van der Waals surface area (Å²) in [5.74, 6) is 0.374. The number of rotatable bonds is 4. The van der Waals surface area contributed by atoms with Gasteiger partial charge >= 0.3 is 0 Å². The average molecular weight is 433 g/mol. The lowest BCUT2D eigenvalue weighted by Crippen LogP contribution is -2.48. The molecule has 8 heteroatoms. The molecule has 2 amide bonds. The Kier molecular flexibility index (Phi) is 4.99. The number of fused-ring (bicyclic) bond motifs is 2. The molecule has 0 saturated heterocycles. The van der Waals surface area contributed by atoms with Gasteiger partial charge in [-0.05, 0) is 23.8 Å². The van der Waals surface area contributed by atoms with Gasteiger partial charge < -0.3 is 19.2 Å². The molecule has 2 aromatic carbocycles. The maximum absolute atomic E-state index is 13.0. The van der Waals surface area contributed by atoms with Crippen LogP contribution in [0.1, 0.15) is 21.8 Å². The normalized spacial score (nSPS) is 16.2. The number of benzene rings is 2. The van der Waals surface area contributed by atoms with E-state index in [-0.39, 0.29) is 11.6 Å². The number of anilines is 1. The van der Waals surface area contributed by atoms with Gasteiger partial charge in [-0.25, -0.2) is 0 Å². The number of furan rings is 1. The maximum atomic E-state index is 13.0. The molecule has 2 aromatic heterocycles. The van der Waals surface area contributed by atoms with Crippen LogP contribution in [0, 0.1) is 0 Å². The summed E-state index contributed by atoms with van der Waals surface area (Å²) < 4.78 is 10.8. The van der Waals surface area contributed by atoms with E-state index in [1.54, 1.807) is 24.3 Å². The molecule has 4 aromatic rings. The highest BCUT2D eigenvalue weighted by molar-refractivity contribution is 7.99. The molecule has 156 valence electrons. The summed E-state index contributed by atoms with van der Waals surface area (Å²) in [6.45, 7) is 0. The molecule has 0 saturated carbocycles. The molecular weight excluding hydrogens is 414 g/mol. The Morgan fingerprint density at radius 3 is 2.90 bits per heavy atom. The molecule has 1 aliphatic heterocycles. The van der Waals surface area contributed by atoms with Gasteiger partial charge in [0.25, 0.3) is 5.91 Å². The third-order valence-electron chi connectivity index (χ3n) is 5.25. The van der Waals surface area contributed by atoms with Gasteiger partial charge in [-0.1, -0.05) is 35.5 Å². The zero-order chi connectivity index (χ0) is 21.4. The molecular formula is C23H19N3O4S. The predicted octanol–water partition coefficient (Wildman–Crippen LogP) is 3.88. The summed E-state index contributed by atoms with van der Waals surface area (Å²) in [5.41, 5.74) is 2.78. The first-order chi connectivity index (χ1) is 15.1. The molecule has 0 bridgehead atoms. The van der Waals surface area contributed by atoms with Gasteiger partial charge in [0.2, 0.25) is 5.91 Å². The van der Waals surface area contributed by atoms with Crippen LogP contribution in [-0.2, 0) is 11.2 Å². The number of hydrogen-bond acceptors (Lipinski definition) is 6. The highest BCUT2D eigenvalue weighted by Gasteiger charge is 2.31. The summed E-state index contributed by atoms with van der Waals surface area (Å²) in [5, 5.41) is 7.62. The van der Waals surface area contributed by atoms with Crippen LogP contribution in [0.2, 0.25) is 0 Å². The molecule has 0 unspecified atom stereocenters. The van der Waals surface area contributed by atoms with E-state index in [0.29, 0.717) is 17.9 Å². The van der Waals surface area contributed by atoms with Crippen molar-refractivity contribution in [2.75, 3.05) is 17.7 Å². The van der Waals surface area contributed by atoms with Gasteiger partial charge in [-0.3, -0.25) is 9.59 Å². The van der Waals surface area contributed by atoms with Gasteiger partial charge in [0.05, 0.1) is 12.0 Å². The smallest absolute Gasteiger partial charge is 0.274 e. The van der Waals surface area contributed by atoms with Crippen LogP contribution in [0.25, 0.3) is 11.0 Å². The van der Waals surface area contributed by atoms with E-state index in [0.717, 1.165) is 27.1 Å². The lowest BCUT2D eigenvalue weighted by molar-refractivity contribution is -0.119. The molecule has 0 fully saturated rings. The molecule has 1 aliphatic rings. The van der Waals surface area contributed by atoms with E-state index in [1.807, 2.05) is 48.5 Å². The monoisotopic (exact) mass is 433 g/mol. The van der Waals surface area contributed by atoms with Gasteiger partial charge in [-0.15, -0.1) is 11.8 Å². The lowest BCUT2D eigenvalue weighted by Gasteiger charge is -2.21. The first-order valence-corrected chi connectivity index (χ1v) is 10.8. The number of hydrogen-bond donors (Lipinski definition) is 1. The topological polar surface area (TPSA) is 88.6 Å². The van der Waals surface area contributed by atoms with Crippen LogP contribution in [0.5, 0.6) is 0 Å². The fraction of sp³-hybridized carbons (Fsp3) is 0.174. The number of likely N-dealkylation sites (N-methyl/N-ethyl adjacent to an activating group) is 1. The molecule has 1 N–H and O–H groups in total. The number of nitrogens with zero attached hydrogens (tertiary/aromatic N) is 2.